The summed E-state index contributed by atoms with van der Waals surface area (Å²) in [6, 6.07) is 21.6. The summed E-state index contributed by atoms with van der Waals surface area (Å²) in [6.45, 7) is 0.449. The van der Waals surface area contributed by atoms with Gasteiger partial charge in [0.2, 0.25) is 5.60 Å². The van der Waals surface area contributed by atoms with Gasteiger partial charge in [0.1, 0.15) is 5.60 Å². The fourth-order valence-electron chi connectivity index (χ4n) is 4.53. The Kier molecular flexibility index (Phi) is 6.61. The molecular weight excluding hydrogens is 449 g/mol. The van der Waals surface area contributed by atoms with E-state index < -0.39 is 17.4 Å². The van der Waals surface area contributed by atoms with E-state index in [1.165, 1.54) is 17.5 Å². The summed E-state index contributed by atoms with van der Waals surface area (Å²) in [7, 11) is 1.61. The summed E-state index contributed by atoms with van der Waals surface area (Å²) >= 11 is 0.839. The van der Waals surface area contributed by atoms with Crippen molar-refractivity contribution in [2.45, 2.75) is 36.3 Å². The fourth-order valence-corrected chi connectivity index (χ4v) is 5.34. The highest BCUT2D eigenvalue weighted by atomic mass is 32.1. The van der Waals surface area contributed by atoms with E-state index in [0.717, 1.165) is 28.9 Å². The molecule has 2 aromatic carbocycles. The van der Waals surface area contributed by atoms with Crippen LogP contribution in [-0.4, -0.2) is 42.2 Å². The second-order valence-electron chi connectivity index (χ2n) is 7.98. The number of rotatable bonds is 7. The van der Waals surface area contributed by atoms with Gasteiger partial charge in [0.25, 0.3) is 0 Å². The normalized spacial score (nSPS) is 19.2. The fraction of sp³-hybridized carbons (Fsp3) is 0.320. The molecule has 1 aromatic heterocycles. The van der Waals surface area contributed by atoms with E-state index in [1.807, 2.05) is 60.7 Å². The second-order valence-corrected chi connectivity index (χ2v) is 8.93. The van der Waals surface area contributed by atoms with Gasteiger partial charge in [0, 0.05) is 13.7 Å². The van der Waals surface area contributed by atoms with Crippen LogP contribution in [0.4, 0.5) is 13.2 Å². The molecule has 0 aliphatic carbocycles. The standard InChI is InChI=1S/C25H25F3N2O2S/c1-32-24(19-10-4-2-5-11-19,20-12-6-3-7-13-20)21-14-8-16-30(21)29-18-23(31,25(26,27)28)22-15-9-17-33-22/h2-7,9-13,15,17-18,21,31H,8,14,16H2,1H3/b29-18+/t21-,23-/m0/s1. The van der Waals surface area contributed by atoms with Crippen molar-refractivity contribution >= 4 is 17.6 Å². The minimum atomic E-state index is -4.91. The average Bonchev–Trinajstić information content (AvgIpc) is 3.52. The number of aliphatic hydroxyl groups is 1. The molecule has 0 unspecified atom stereocenters. The van der Waals surface area contributed by atoms with Crippen molar-refractivity contribution < 1.29 is 23.0 Å². The molecule has 1 saturated heterocycles. The van der Waals surface area contributed by atoms with Crippen LogP contribution in [-0.2, 0) is 15.9 Å². The summed E-state index contributed by atoms with van der Waals surface area (Å²) in [5.74, 6) is 0. The Hall–Kier alpha value is -2.68. The third-order valence-corrected chi connectivity index (χ3v) is 7.14. The van der Waals surface area contributed by atoms with E-state index in [1.54, 1.807) is 12.1 Å². The molecule has 4 nitrogen and oxygen atoms in total. The van der Waals surface area contributed by atoms with E-state index >= 15 is 0 Å². The first kappa shape index (κ1) is 23.5. The molecule has 3 aromatic rings. The van der Waals surface area contributed by atoms with Crippen LogP contribution in [0.5, 0.6) is 0 Å². The number of benzene rings is 2. The lowest BCUT2D eigenvalue weighted by Crippen LogP contribution is -2.49. The molecule has 0 bridgehead atoms. The molecule has 174 valence electrons. The van der Waals surface area contributed by atoms with Crippen LogP contribution >= 0.6 is 11.3 Å². The van der Waals surface area contributed by atoms with E-state index in [-0.39, 0.29) is 10.9 Å². The molecule has 1 aliphatic heterocycles. The van der Waals surface area contributed by atoms with Crippen LogP contribution in [0.2, 0.25) is 0 Å². The van der Waals surface area contributed by atoms with Crippen molar-refractivity contribution in [3.8, 4) is 0 Å². The molecule has 1 fully saturated rings. The zero-order valence-electron chi connectivity index (χ0n) is 18.1. The van der Waals surface area contributed by atoms with E-state index in [2.05, 4.69) is 5.10 Å². The summed E-state index contributed by atoms with van der Waals surface area (Å²) < 4.78 is 47.9. The Bertz CT molecular complexity index is 1020. The van der Waals surface area contributed by atoms with Crippen LogP contribution in [0, 0.1) is 0 Å². The number of methoxy groups -OCH3 is 1. The number of hydrogen-bond donors (Lipinski definition) is 1. The Labute approximate surface area is 194 Å². The Morgan fingerprint density at radius 3 is 2.09 bits per heavy atom. The minimum Gasteiger partial charge on any atom is -0.371 e. The lowest BCUT2D eigenvalue weighted by Gasteiger charge is -2.42. The lowest BCUT2D eigenvalue weighted by molar-refractivity contribution is -0.232. The maximum Gasteiger partial charge on any atom is 0.427 e. The Balaban J connectivity index is 1.78. The van der Waals surface area contributed by atoms with E-state index in [9.17, 15) is 18.3 Å². The van der Waals surface area contributed by atoms with Crippen molar-refractivity contribution in [3.05, 3.63) is 94.2 Å². The number of hydrazone groups is 1. The van der Waals surface area contributed by atoms with Crippen LogP contribution in [0.1, 0.15) is 28.8 Å². The van der Waals surface area contributed by atoms with Gasteiger partial charge in [-0.25, -0.2) is 0 Å². The SMILES string of the molecule is COC(c1ccccc1)(c1ccccc1)[C@@H]1CCCN1/N=C/[C@](O)(c1cccs1)C(F)(F)F. The largest absolute Gasteiger partial charge is 0.427 e. The minimum absolute atomic E-state index is 0.223. The highest BCUT2D eigenvalue weighted by molar-refractivity contribution is 7.10. The van der Waals surface area contributed by atoms with Crippen LogP contribution < -0.4 is 0 Å². The van der Waals surface area contributed by atoms with Crippen LogP contribution in [0.25, 0.3) is 0 Å². The quantitative estimate of drug-likeness (QED) is 0.458. The molecule has 8 heteroatoms. The van der Waals surface area contributed by atoms with Crippen molar-refractivity contribution in [2.24, 2.45) is 5.10 Å². The number of hydrogen-bond acceptors (Lipinski definition) is 5. The predicted octanol–water partition coefficient (Wildman–Crippen LogP) is 5.54. The van der Waals surface area contributed by atoms with Crippen molar-refractivity contribution in [3.63, 3.8) is 0 Å². The molecule has 0 saturated carbocycles. The monoisotopic (exact) mass is 474 g/mol. The zero-order valence-corrected chi connectivity index (χ0v) is 18.9. The number of thiophene rings is 1. The summed E-state index contributed by atoms with van der Waals surface area (Å²) in [5, 5.41) is 18.0. The lowest BCUT2D eigenvalue weighted by atomic mass is 9.79. The number of ether oxygens (including phenoxy) is 1. The average molecular weight is 475 g/mol. The molecular formula is C25H25F3N2O2S. The molecule has 2 heterocycles. The molecule has 1 N–H and O–H groups in total. The summed E-state index contributed by atoms with van der Waals surface area (Å²) in [4.78, 5) is -0.223. The van der Waals surface area contributed by atoms with E-state index in [4.69, 9.17) is 4.74 Å². The number of halogens is 3. The van der Waals surface area contributed by atoms with Crippen molar-refractivity contribution in [2.75, 3.05) is 13.7 Å². The Morgan fingerprint density at radius 2 is 1.61 bits per heavy atom. The maximum atomic E-state index is 13.9. The molecule has 0 radical (unpaired) electrons. The van der Waals surface area contributed by atoms with Gasteiger partial charge in [-0.15, -0.1) is 11.3 Å². The summed E-state index contributed by atoms with van der Waals surface area (Å²) in [5.41, 5.74) is -2.34. The summed E-state index contributed by atoms with van der Waals surface area (Å²) in [6.07, 6.45) is -2.89. The van der Waals surface area contributed by atoms with Gasteiger partial charge in [-0.1, -0.05) is 66.7 Å². The van der Waals surface area contributed by atoms with Crippen molar-refractivity contribution in [1.29, 1.82) is 0 Å². The van der Waals surface area contributed by atoms with E-state index in [0.29, 0.717) is 19.2 Å². The first-order valence-electron chi connectivity index (χ1n) is 10.6. The second kappa shape index (κ2) is 9.29. The molecule has 0 amide bonds. The van der Waals surface area contributed by atoms with Gasteiger partial charge in [0.05, 0.1) is 17.1 Å². The van der Waals surface area contributed by atoms with Gasteiger partial charge in [-0.2, -0.15) is 18.3 Å². The smallest absolute Gasteiger partial charge is 0.371 e. The molecule has 4 rings (SSSR count). The topological polar surface area (TPSA) is 45.1 Å². The third-order valence-electron chi connectivity index (χ3n) is 6.14. The molecule has 1 aliphatic rings. The van der Waals surface area contributed by atoms with Crippen LogP contribution in [0.15, 0.2) is 83.3 Å². The highest BCUT2D eigenvalue weighted by Gasteiger charge is 2.55. The molecule has 33 heavy (non-hydrogen) atoms. The first-order chi connectivity index (χ1) is 15.8. The highest BCUT2D eigenvalue weighted by Crippen LogP contribution is 2.44. The number of nitrogens with zero attached hydrogens (tertiary/aromatic N) is 2. The van der Waals surface area contributed by atoms with Crippen molar-refractivity contribution in [1.82, 2.24) is 5.01 Å². The van der Waals surface area contributed by atoms with Gasteiger partial charge < -0.3 is 9.84 Å². The predicted molar refractivity (Wildman–Crippen MR) is 123 cm³/mol. The van der Waals surface area contributed by atoms with Gasteiger partial charge in [-0.05, 0) is 35.4 Å². The maximum absolute atomic E-state index is 13.9. The molecule has 0 spiro atoms. The first-order valence-corrected chi connectivity index (χ1v) is 11.5. The van der Waals surface area contributed by atoms with Gasteiger partial charge >= 0.3 is 6.18 Å². The zero-order chi connectivity index (χ0) is 23.5. The third kappa shape index (κ3) is 4.18. The Morgan fingerprint density at radius 1 is 1.00 bits per heavy atom. The number of alkyl halides is 3. The van der Waals surface area contributed by atoms with Gasteiger partial charge in [0.15, 0.2) is 0 Å². The molecule has 2 atom stereocenters. The van der Waals surface area contributed by atoms with Crippen LogP contribution in [0.3, 0.4) is 0 Å². The van der Waals surface area contributed by atoms with Gasteiger partial charge in [-0.3, -0.25) is 5.01 Å².